The Morgan fingerprint density at radius 1 is 1.13 bits per heavy atom. The number of nitro groups is 1. The van der Waals surface area contributed by atoms with Crippen molar-refractivity contribution in [1.82, 2.24) is 10.6 Å². The molecule has 8 heteroatoms. The van der Waals surface area contributed by atoms with E-state index < -0.39 is 6.04 Å². The monoisotopic (exact) mass is 339 g/mol. The van der Waals surface area contributed by atoms with E-state index in [1.807, 2.05) is 0 Å². The fourth-order valence-corrected chi connectivity index (χ4v) is 4.67. The van der Waals surface area contributed by atoms with Gasteiger partial charge in [-0.2, -0.15) is 0 Å². The summed E-state index contributed by atoms with van der Waals surface area (Å²) in [5.41, 5.74) is 0. The summed E-state index contributed by atoms with van der Waals surface area (Å²) < 4.78 is 0. The van der Waals surface area contributed by atoms with E-state index in [9.17, 15) is 10.1 Å². The van der Waals surface area contributed by atoms with Gasteiger partial charge in [0.2, 0.25) is 6.04 Å². The first kappa shape index (κ1) is 15.2. The van der Waals surface area contributed by atoms with Gasteiger partial charge in [0.25, 0.3) is 0 Å². The van der Waals surface area contributed by atoms with Gasteiger partial charge in [0, 0.05) is 22.8 Å². The van der Waals surface area contributed by atoms with E-state index in [-0.39, 0.29) is 28.4 Å². The second-order valence-electron chi connectivity index (χ2n) is 7.08. The van der Waals surface area contributed by atoms with Crippen molar-refractivity contribution >= 4 is 23.3 Å². The number of fused-ring (bicyclic) bond motifs is 2. The highest BCUT2D eigenvalue weighted by atomic mass is 35.5. The summed E-state index contributed by atoms with van der Waals surface area (Å²) in [4.78, 5) is 20.4. The molecular formula is C15H22ClN5O2. The fraction of sp³-hybridized carbons (Fsp3) is 0.867. The molecule has 2 fully saturated rings. The summed E-state index contributed by atoms with van der Waals surface area (Å²) >= 11 is 6.23. The van der Waals surface area contributed by atoms with E-state index in [0.717, 1.165) is 43.8 Å². The van der Waals surface area contributed by atoms with Gasteiger partial charge < -0.3 is 10.6 Å². The first-order valence-corrected chi connectivity index (χ1v) is 8.98. The second-order valence-corrected chi connectivity index (χ2v) is 7.70. The van der Waals surface area contributed by atoms with Crippen LogP contribution in [-0.4, -0.2) is 52.2 Å². The van der Waals surface area contributed by atoms with Crippen LogP contribution in [0.25, 0.3) is 0 Å². The van der Waals surface area contributed by atoms with Crippen LogP contribution in [-0.2, 0) is 0 Å². The van der Waals surface area contributed by atoms with Gasteiger partial charge in [-0.1, -0.05) is 0 Å². The lowest BCUT2D eigenvalue weighted by molar-refractivity contribution is -0.528. The molecule has 0 aromatic carbocycles. The topological polar surface area (TPSA) is 91.9 Å². The Balaban J connectivity index is 1.43. The summed E-state index contributed by atoms with van der Waals surface area (Å²) in [6.07, 6.45) is 6.12. The molecule has 4 rings (SSSR count). The molecule has 4 aliphatic rings. The molecule has 0 spiro atoms. The highest BCUT2D eigenvalue weighted by molar-refractivity contribution is 6.20. The minimum absolute atomic E-state index is 0.116. The van der Waals surface area contributed by atoms with Gasteiger partial charge in [-0.25, -0.2) is 0 Å². The SMILES string of the molecule is O=[N+]([O-])C1CCCC2NC(CC3=NC4CC(Cl)CCC4N3)=NC21. The van der Waals surface area contributed by atoms with Crippen molar-refractivity contribution in [2.24, 2.45) is 9.98 Å². The van der Waals surface area contributed by atoms with Gasteiger partial charge in [0.1, 0.15) is 17.7 Å². The van der Waals surface area contributed by atoms with Gasteiger partial charge in [-0.3, -0.25) is 20.1 Å². The molecule has 2 aliphatic carbocycles. The van der Waals surface area contributed by atoms with Crippen LogP contribution in [0.1, 0.15) is 44.9 Å². The summed E-state index contributed by atoms with van der Waals surface area (Å²) in [5.74, 6) is 1.80. The Kier molecular flexibility index (Phi) is 3.91. The number of aliphatic imine (C=N–C) groups is 2. The summed E-state index contributed by atoms with van der Waals surface area (Å²) in [7, 11) is 0. The molecule has 0 aromatic rings. The lowest BCUT2D eigenvalue weighted by Crippen LogP contribution is -2.47. The van der Waals surface area contributed by atoms with E-state index in [2.05, 4.69) is 15.6 Å². The Labute approximate surface area is 140 Å². The quantitative estimate of drug-likeness (QED) is 0.463. The van der Waals surface area contributed by atoms with Crippen LogP contribution in [0.4, 0.5) is 0 Å². The molecule has 2 N–H and O–H groups in total. The number of halogens is 1. The Bertz CT molecular complexity index is 566. The maximum absolute atomic E-state index is 11.2. The molecule has 0 aromatic heterocycles. The number of hydrogen-bond donors (Lipinski definition) is 2. The van der Waals surface area contributed by atoms with Crippen molar-refractivity contribution in [2.75, 3.05) is 0 Å². The number of nitrogens with one attached hydrogen (secondary N) is 2. The highest BCUT2D eigenvalue weighted by Crippen LogP contribution is 2.30. The number of hydrogen-bond acceptors (Lipinski definition) is 6. The zero-order chi connectivity index (χ0) is 16.0. The molecule has 0 saturated heterocycles. The van der Waals surface area contributed by atoms with Crippen molar-refractivity contribution in [2.45, 2.75) is 80.5 Å². The molecule has 0 amide bonds. The van der Waals surface area contributed by atoms with Crippen molar-refractivity contribution in [1.29, 1.82) is 0 Å². The first-order valence-electron chi connectivity index (χ1n) is 8.54. The van der Waals surface area contributed by atoms with Crippen LogP contribution in [0.2, 0.25) is 0 Å². The molecule has 7 nitrogen and oxygen atoms in total. The minimum Gasteiger partial charge on any atom is -0.369 e. The van der Waals surface area contributed by atoms with Crippen LogP contribution in [0.15, 0.2) is 9.98 Å². The lowest BCUT2D eigenvalue weighted by atomic mass is 9.87. The van der Waals surface area contributed by atoms with Crippen LogP contribution >= 0.6 is 11.6 Å². The van der Waals surface area contributed by atoms with Crippen LogP contribution in [0.5, 0.6) is 0 Å². The lowest BCUT2D eigenvalue weighted by Gasteiger charge is -2.26. The van der Waals surface area contributed by atoms with E-state index in [4.69, 9.17) is 16.6 Å². The third-order valence-corrected chi connectivity index (χ3v) is 5.91. The summed E-state index contributed by atoms with van der Waals surface area (Å²) in [5, 5.41) is 18.3. The van der Waals surface area contributed by atoms with E-state index in [0.29, 0.717) is 18.9 Å². The van der Waals surface area contributed by atoms with Crippen molar-refractivity contribution in [3.05, 3.63) is 10.1 Å². The maximum atomic E-state index is 11.2. The third kappa shape index (κ3) is 2.91. The van der Waals surface area contributed by atoms with Gasteiger partial charge in [-0.05, 0) is 32.1 Å². The molecular weight excluding hydrogens is 318 g/mol. The molecule has 6 unspecified atom stereocenters. The predicted octanol–water partition coefficient (Wildman–Crippen LogP) is 1.47. The van der Waals surface area contributed by atoms with Gasteiger partial charge in [0.15, 0.2) is 0 Å². The normalized spacial score (nSPS) is 42.0. The molecule has 0 bridgehead atoms. The largest absolute Gasteiger partial charge is 0.369 e. The number of nitrogens with zero attached hydrogens (tertiary/aromatic N) is 3. The van der Waals surface area contributed by atoms with Gasteiger partial charge in [0.05, 0.1) is 18.5 Å². The highest BCUT2D eigenvalue weighted by Gasteiger charge is 2.44. The summed E-state index contributed by atoms with van der Waals surface area (Å²) in [6, 6.07) is 0.0283. The zero-order valence-electron chi connectivity index (χ0n) is 12.9. The van der Waals surface area contributed by atoms with Crippen molar-refractivity contribution < 1.29 is 4.92 Å². The van der Waals surface area contributed by atoms with Crippen LogP contribution in [0, 0.1) is 10.1 Å². The van der Waals surface area contributed by atoms with Gasteiger partial charge >= 0.3 is 0 Å². The molecule has 2 saturated carbocycles. The average molecular weight is 340 g/mol. The predicted molar refractivity (Wildman–Crippen MR) is 89.0 cm³/mol. The number of amidine groups is 2. The standard InChI is InChI=1S/C15H22ClN5O2/c16-8-4-5-9-11(6-8)19-13(17-9)7-14-18-10-2-1-3-12(21(22)23)15(10)20-14/h8-12,15H,1-7H2,(H,17,19)(H,18,20). The smallest absolute Gasteiger partial charge is 0.237 e. The number of rotatable bonds is 3. The first-order chi connectivity index (χ1) is 11.1. The van der Waals surface area contributed by atoms with Gasteiger partial charge in [-0.15, -0.1) is 11.6 Å². The second kappa shape index (κ2) is 5.92. The maximum Gasteiger partial charge on any atom is 0.237 e. The number of alkyl halides is 1. The molecule has 126 valence electrons. The Morgan fingerprint density at radius 2 is 1.91 bits per heavy atom. The molecule has 23 heavy (non-hydrogen) atoms. The summed E-state index contributed by atoms with van der Waals surface area (Å²) in [6.45, 7) is 0. The van der Waals surface area contributed by atoms with E-state index >= 15 is 0 Å². The van der Waals surface area contributed by atoms with Crippen LogP contribution in [0.3, 0.4) is 0 Å². The van der Waals surface area contributed by atoms with Crippen LogP contribution < -0.4 is 10.6 Å². The minimum atomic E-state index is -0.545. The Morgan fingerprint density at radius 3 is 2.74 bits per heavy atom. The molecule has 2 aliphatic heterocycles. The Hall–Kier alpha value is -1.37. The van der Waals surface area contributed by atoms with E-state index in [1.165, 1.54) is 0 Å². The molecule has 0 radical (unpaired) electrons. The molecule has 6 atom stereocenters. The molecule has 2 heterocycles. The fourth-order valence-electron chi connectivity index (χ4n) is 4.36. The van der Waals surface area contributed by atoms with Crippen molar-refractivity contribution in [3.8, 4) is 0 Å². The average Bonchev–Trinajstić information content (AvgIpc) is 3.08. The zero-order valence-corrected chi connectivity index (χ0v) is 13.7. The van der Waals surface area contributed by atoms with Crippen molar-refractivity contribution in [3.63, 3.8) is 0 Å². The van der Waals surface area contributed by atoms with E-state index in [1.54, 1.807) is 0 Å². The third-order valence-electron chi connectivity index (χ3n) is 5.51.